The molecule has 0 aromatic rings. The summed E-state index contributed by atoms with van der Waals surface area (Å²) in [6.45, 7) is 2.53. The third-order valence-electron chi connectivity index (χ3n) is 2.69. The molecule has 1 aliphatic rings. The van der Waals surface area contributed by atoms with Crippen LogP contribution in [-0.2, 0) is 9.47 Å². The number of hydrogen-bond acceptors (Lipinski definition) is 3. The van der Waals surface area contributed by atoms with Crippen molar-refractivity contribution in [2.75, 3.05) is 13.2 Å². The van der Waals surface area contributed by atoms with Crippen LogP contribution in [0.3, 0.4) is 0 Å². The summed E-state index contributed by atoms with van der Waals surface area (Å²) < 4.78 is 48.2. The lowest BCUT2D eigenvalue weighted by molar-refractivity contribution is -0.244. The summed E-state index contributed by atoms with van der Waals surface area (Å²) in [4.78, 5) is 0. The molecule has 6 heteroatoms. The first-order chi connectivity index (χ1) is 7.45. The summed E-state index contributed by atoms with van der Waals surface area (Å²) >= 11 is 0. The van der Waals surface area contributed by atoms with Crippen LogP contribution in [0, 0.1) is 0 Å². The van der Waals surface area contributed by atoms with Gasteiger partial charge in [-0.1, -0.05) is 6.92 Å². The van der Waals surface area contributed by atoms with Crippen LogP contribution >= 0.6 is 0 Å². The summed E-state index contributed by atoms with van der Waals surface area (Å²) in [6, 6.07) is -0.997. The van der Waals surface area contributed by atoms with Crippen molar-refractivity contribution in [3.05, 3.63) is 0 Å². The lowest BCUT2D eigenvalue weighted by Gasteiger charge is -2.31. The van der Waals surface area contributed by atoms with Gasteiger partial charge in [-0.25, -0.2) is 0 Å². The van der Waals surface area contributed by atoms with Gasteiger partial charge < -0.3 is 15.2 Å². The third-order valence-corrected chi connectivity index (χ3v) is 2.69. The fourth-order valence-corrected chi connectivity index (χ4v) is 1.65. The van der Waals surface area contributed by atoms with Gasteiger partial charge in [0.05, 0.1) is 6.10 Å². The van der Waals surface area contributed by atoms with E-state index in [1.54, 1.807) is 6.92 Å². The molecule has 96 valence electrons. The molecule has 2 N–H and O–H groups in total. The predicted octanol–water partition coefficient (Wildman–Crippen LogP) is 1.85. The minimum Gasteiger partial charge on any atom is -0.381 e. The van der Waals surface area contributed by atoms with E-state index in [4.69, 9.17) is 15.2 Å². The molecule has 1 aliphatic heterocycles. The maximum Gasteiger partial charge on any atom is 0.416 e. The summed E-state index contributed by atoms with van der Waals surface area (Å²) in [5, 5.41) is 0. The van der Waals surface area contributed by atoms with Gasteiger partial charge in [0.15, 0.2) is 6.10 Å². The topological polar surface area (TPSA) is 44.5 Å². The zero-order chi connectivity index (χ0) is 12.2. The summed E-state index contributed by atoms with van der Waals surface area (Å²) in [7, 11) is 0. The largest absolute Gasteiger partial charge is 0.416 e. The van der Waals surface area contributed by atoms with Gasteiger partial charge in [-0.2, -0.15) is 13.2 Å². The van der Waals surface area contributed by atoms with Gasteiger partial charge in [0.2, 0.25) is 0 Å². The van der Waals surface area contributed by atoms with Gasteiger partial charge in [-0.15, -0.1) is 0 Å². The minimum atomic E-state index is -4.40. The maximum atomic E-state index is 12.7. The molecule has 0 spiro atoms. The fraction of sp³-hybridized carbons (Fsp3) is 1.00. The highest BCUT2D eigenvalue weighted by atomic mass is 19.4. The van der Waals surface area contributed by atoms with Crippen LogP contribution in [0.25, 0.3) is 0 Å². The number of hydrogen-bond donors (Lipinski definition) is 1. The van der Waals surface area contributed by atoms with E-state index in [1.165, 1.54) is 0 Å². The molecule has 16 heavy (non-hydrogen) atoms. The highest BCUT2D eigenvalue weighted by Gasteiger charge is 2.45. The van der Waals surface area contributed by atoms with Crippen LogP contribution in [0.15, 0.2) is 0 Å². The Morgan fingerprint density at radius 3 is 2.38 bits per heavy atom. The summed E-state index contributed by atoms with van der Waals surface area (Å²) in [6.07, 6.45) is -5.40. The van der Waals surface area contributed by atoms with Gasteiger partial charge in [-0.3, -0.25) is 0 Å². The molecule has 1 rings (SSSR count). The van der Waals surface area contributed by atoms with E-state index < -0.39 is 24.4 Å². The maximum absolute atomic E-state index is 12.7. The molecule has 1 fully saturated rings. The van der Waals surface area contributed by atoms with Crippen molar-refractivity contribution in [3.8, 4) is 0 Å². The highest BCUT2D eigenvalue weighted by Crippen LogP contribution is 2.28. The first kappa shape index (κ1) is 13.7. The zero-order valence-electron chi connectivity index (χ0n) is 9.30. The molecule has 0 saturated carbocycles. The lowest BCUT2D eigenvalue weighted by atomic mass is 10.1. The Morgan fingerprint density at radius 1 is 1.38 bits per heavy atom. The van der Waals surface area contributed by atoms with Crippen LogP contribution in [0.4, 0.5) is 13.2 Å². The zero-order valence-corrected chi connectivity index (χ0v) is 9.30. The first-order valence-electron chi connectivity index (χ1n) is 5.50. The van der Waals surface area contributed by atoms with Crippen molar-refractivity contribution in [1.82, 2.24) is 0 Å². The standard InChI is InChI=1S/C10H18F3NO2/c1-2-8(14)9(10(11,12)13)16-7-3-5-15-6-4-7/h7-9H,2-6,14H2,1H3. The number of ether oxygens (including phenoxy) is 2. The first-order valence-corrected chi connectivity index (χ1v) is 5.50. The Hall–Kier alpha value is -0.330. The quantitative estimate of drug-likeness (QED) is 0.817. The number of halogens is 3. The van der Waals surface area contributed by atoms with E-state index in [1.807, 2.05) is 0 Å². The fourth-order valence-electron chi connectivity index (χ4n) is 1.65. The predicted molar refractivity (Wildman–Crippen MR) is 53.0 cm³/mol. The summed E-state index contributed by atoms with van der Waals surface area (Å²) in [5.41, 5.74) is 5.44. The van der Waals surface area contributed by atoms with Gasteiger partial charge in [0.25, 0.3) is 0 Å². The van der Waals surface area contributed by atoms with E-state index >= 15 is 0 Å². The summed E-state index contributed by atoms with van der Waals surface area (Å²) in [5.74, 6) is 0. The SMILES string of the molecule is CCC(N)C(OC1CCOCC1)C(F)(F)F. The molecule has 2 unspecified atom stereocenters. The second-order valence-electron chi connectivity index (χ2n) is 3.98. The molecule has 3 nitrogen and oxygen atoms in total. The molecule has 1 saturated heterocycles. The lowest BCUT2D eigenvalue weighted by Crippen LogP contribution is -2.49. The third kappa shape index (κ3) is 3.92. The Kier molecular flexibility index (Phi) is 5.01. The van der Waals surface area contributed by atoms with E-state index in [0.29, 0.717) is 26.1 Å². The molecule has 2 atom stereocenters. The molecule has 0 aromatic heterocycles. The molecule has 1 heterocycles. The van der Waals surface area contributed by atoms with E-state index in [2.05, 4.69) is 0 Å². The van der Waals surface area contributed by atoms with Gasteiger partial charge in [0.1, 0.15) is 0 Å². The second-order valence-corrected chi connectivity index (χ2v) is 3.98. The van der Waals surface area contributed by atoms with Crippen molar-refractivity contribution in [3.63, 3.8) is 0 Å². The molecular weight excluding hydrogens is 223 g/mol. The average molecular weight is 241 g/mol. The van der Waals surface area contributed by atoms with E-state index in [-0.39, 0.29) is 6.42 Å². The molecular formula is C10H18F3NO2. The second kappa shape index (κ2) is 5.84. The van der Waals surface area contributed by atoms with Crippen molar-refractivity contribution in [2.24, 2.45) is 5.73 Å². The van der Waals surface area contributed by atoms with Crippen molar-refractivity contribution in [1.29, 1.82) is 0 Å². The average Bonchev–Trinajstić information content (AvgIpc) is 2.25. The Balaban J connectivity index is 2.55. The van der Waals surface area contributed by atoms with Crippen LogP contribution in [0.1, 0.15) is 26.2 Å². The normalized spacial score (nSPS) is 23.1. The van der Waals surface area contributed by atoms with Crippen LogP contribution in [-0.4, -0.2) is 37.6 Å². The molecule has 0 aliphatic carbocycles. The Morgan fingerprint density at radius 2 is 1.94 bits per heavy atom. The Labute approximate surface area is 93.1 Å². The van der Waals surface area contributed by atoms with Crippen molar-refractivity contribution in [2.45, 2.75) is 50.6 Å². The minimum absolute atomic E-state index is 0.243. The number of rotatable bonds is 4. The van der Waals surface area contributed by atoms with Gasteiger partial charge >= 0.3 is 6.18 Å². The van der Waals surface area contributed by atoms with Crippen molar-refractivity contribution >= 4 is 0 Å². The van der Waals surface area contributed by atoms with Crippen LogP contribution in [0.5, 0.6) is 0 Å². The number of nitrogens with two attached hydrogens (primary N) is 1. The number of alkyl halides is 3. The smallest absolute Gasteiger partial charge is 0.381 e. The van der Waals surface area contributed by atoms with Crippen molar-refractivity contribution < 1.29 is 22.6 Å². The highest BCUT2D eigenvalue weighted by molar-refractivity contribution is 4.81. The monoisotopic (exact) mass is 241 g/mol. The van der Waals surface area contributed by atoms with E-state index in [0.717, 1.165) is 0 Å². The molecule has 0 aromatic carbocycles. The molecule has 0 amide bonds. The van der Waals surface area contributed by atoms with Crippen LogP contribution < -0.4 is 5.73 Å². The van der Waals surface area contributed by atoms with Gasteiger partial charge in [-0.05, 0) is 19.3 Å². The Bertz CT molecular complexity index is 205. The van der Waals surface area contributed by atoms with Crippen LogP contribution in [0.2, 0.25) is 0 Å². The van der Waals surface area contributed by atoms with Gasteiger partial charge in [0, 0.05) is 19.3 Å². The molecule has 0 radical (unpaired) electrons. The van der Waals surface area contributed by atoms with E-state index in [9.17, 15) is 13.2 Å². The molecule has 0 bridgehead atoms.